The van der Waals surface area contributed by atoms with Crippen LogP contribution in [-0.4, -0.2) is 22.5 Å². The highest BCUT2D eigenvalue weighted by molar-refractivity contribution is 5.15. The molecule has 1 heterocycles. The van der Waals surface area contributed by atoms with E-state index in [1.807, 2.05) is 0 Å². The summed E-state index contributed by atoms with van der Waals surface area (Å²) in [5, 5.41) is 0. The van der Waals surface area contributed by atoms with Crippen LogP contribution < -0.4 is 0 Å². The molecule has 0 amide bonds. The van der Waals surface area contributed by atoms with Crippen LogP contribution in [0.4, 0.5) is 0 Å². The third-order valence-corrected chi connectivity index (χ3v) is 5.60. The van der Waals surface area contributed by atoms with Crippen molar-refractivity contribution in [3.63, 3.8) is 0 Å². The average Bonchev–Trinajstić information content (AvgIpc) is 3.05. The summed E-state index contributed by atoms with van der Waals surface area (Å²) in [6.07, 6.45) is 20.5. The van der Waals surface area contributed by atoms with E-state index in [-0.39, 0.29) is 0 Å². The lowest BCUT2D eigenvalue weighted by Gasteiger charge is -2.32. The molecule has 0 radical (unpaired) electrons. The number of nitrogens with zero attached hydrogens (tertiary/aromatic N) is 2. The van der Waals surface area contributed by atoms with Crippen molar-refractivity contribution in [2.45, 2.75) is 97.2 Å². The number of benzene rings is 1. The Morgan fingerprint density at radius 1 is 0.692 bits per heavy atom. The SMILES string of the molecule is CCCCCCCCCCCCC1N(CC)C=CN1Cc1ccccc1. The molecule has 1 aliphatic heterocycles. The second-order valence-electron chi connectivity index (χ2n) is 7.74. The molecule has 0 spiro atoms. The highest BCUT2D eigenvalue weighted by Gasteiger charge is 2.24. The van der Waals surface area contributed by atoms with Gasteiger partial charge in [-0.3, -0.25) is 0 Å². The maximum Gasteiger partial charge on any atom is 0.101 e. The van der Waals surface area contributed by atoms with Crippen LogP contribution in [0.3, 0.4) is 0 Å². The maximum absolute atomic E-state index is 2.52. The molecule has 2 nitrogen and oxygen atoms in total. The van der Waals surface area contributed by atoms with Gasteiger partial charge in [-0.05, 0) is 25.3 Å². The fraction of sp³-hybridized carbons (Fsp3) is 0.667. The lowest BCUT2D eigenvalue weighted by atomic mass is 10.0. The molecular weight excluding hydrogens is 316 g/mol. The van der Waals surface area contributed by atoms with E-state index in [2.05, 4.69) is 66.4 Å². The molecule has 0 fully saturated rings. The van der Waals surface area contributed by atoms with Crippen molar-refractivity contribution in [3.05, 3.63) is 48.3 Å². The predicted molar refractivity (Wildman–Crippen MR) is 114 cm³/mol. The molecule has 0 N–H and O–H groups in total. The van der Waals surface area contributed by atoms with Gasteiger partial charge in [0.15, 0.2) is 0 Å². The van der Waals surface area contributed by atoms with Crippen molar-refractivity contribution < 1.29 is 0 Å². The summed E-state index contributed by atoms with van der Waals surface area (Å²) in [5.74, 6) is 0. The van der Waals surface area contributed by atoms with E-state index in [4.69, 9.17) is 0 Å². The molecule has 1 atom stereocenters. The Kier molecular flexibility index (Phi) is 10.3. The standard InChI is InChI=1S/C24H40N2/c1-3-5-6-7-8-9-10-11-12-16-19-24-25(4-2)20-21-26(24)22-23-17-14-13-15-18-23/h13-15,17-18,20-21,24H,3-12,16,19,22H2,1-2H3. The smallest absolute Gasteiger partial charge is 0.101 e. The molecule has 2 heteroatoms. The van der Waals surface area contributed by atoms with Crippen molar-refractivity contribution in [1.29, 1.82) is 0 Å². The minimum Gasteiger partial charge on any atom is -0.356 e. The zero-order valence-corrected chi connectivity index (χ0v) is 17.2. The second kappa shape index (κ2) is 12.8. The van der Waals surface area contributed by atoms with Crippen molar-refractivity contribution in [2.24, 2.45) is 0 Å². The summed E-state index contributed by atoms with van der Waals surface area (Å²) >= 11 is 0. The van der Waals surface area contributed by atoms with Gasteiger partial charge in [0, 0.05) is 25.5 Å². The van der Waals surface area contributed by atoms with Crippen molar-refractivity contribution in [2.75, 3.05) is 6.54 Å². The van der Waals surface area contributed by atoms with E-state index in [9.17, 15) is 0 Å². The Morgan fingerprint density at radius 2 is 1.27 bits per heavy atom. The average molecular weight is 357 g/mol. The molecular formula is C24H40N2. The Bertz CT molecular complexity index is 482. The Morgan fingerprint density at radius 3 is 1.88 bits per heavy atom. The molecule has 0 bridgehead atoms. The summed E-state index contributed by atoms with van der Waals surface area (Å²) in [5.41, 5.74) is 1.41. The topological polar surface area (TPSA) is 6.48 Å². The third-order valence-electron chi connectivity index (χ3n) is 5.60. The first-order valence-electron chi connectivity index (χ1n) is 11.1. The monoisotopic (exact) mass is 356 g/mol. The fourth-order valence-corrected chi connectivity index (χ4v) is 3.97. The van der Waals surface area contributed by atoms with Crippen LogP contribution in [0.1, 0.15) is 90.0 Å². The van der Waals surface area contributed by atoms with Crippen molar-refractivity contribution in [1.82, 2.24) is 9.80 Å². The van der Waals surface area contributed by atoms with Gasteiger partial charge in [-0.1, -0.05) is 95.0 Å². The van der Waals surface area contributed by atoms with Crippen LogP contribution >= 0.6 is 0 Å². The van der Waals surface area contributed by atoms with Crippen molar-refractivity contribution >= 4 is 0 Å². The van der Waals surface area contributed by atoms with Gasteiger partial charge in [0.25, 0.3) is 0 Å². The van der Waals surface area contributed by atoms with Gasteiger partial charge in [-0.25, -0.2) is 0 Å². The van der Waals surface area contributed by atoms with Crippen LogP contribution in [-0.2, 0) is 6.54 Å². The molecule has 2 rings (SSSR count). The van der Waals surface area contributed by atoms with Crippen LogP contribution in [0.25, 0.3) is 0 Å². The van der Waals surface area contributed by atoms with Crippen LogP contribution in [0.5, 0.6) is 0 Å². The Hall–Kier alpha value is -1.44. The first-order valence-corrected chi connectivity index (χ1v) is 11.1. The quantitative estimate of drug-likeness (QED) is 0.333. The van der Waals surface area contributed by atoms with Crippen LogP contribution in [0, 0.1) is 0 Å². The minimum absolute atomic E-state index is 0.550. The van der Waals surface area contributed by atoms with Gasteiger partial charge < -0.3 is 9.80 Å². The van der Waals surface area contributed by atoms with Crippen LogP contribution in [0.2, 0.25) is 0 Å². The van der Waals surface area contributed by atoms with Gasteiger partial charge in [0.1, 0.15) is 6.17 Å². The Labute approximate surface area is 162 Å². The number of rotatable bonds is 14. The van der Waals surface area contributed by atoms with E-state index < -0.39 is 0 Å². The summed E-state index contributed by atoms with van der Waals surface area (Å²) < 4.78 is 0. The summed E-state index contributed by atoms with van der Waals surface area (Å²) in [6.45, 7) is 6.68. The first-order chi connectivity index (χ1) is 12.8. The fourth-order valence-electron chi connectivity index (χ4n) is 3.97. The molecule has 1 unspecified atom stereocenters. The molecule has 0 saturated heterocycles. The van der Waals surface area contributed by atoms with Gasteiger partial charge in [-0.2, -0.15) is 0 Å². The van der Waals surface area contributed by atoms with E-state index in [0.717, 1.165) is 13.1 Å². The molecule has 146 valence electrons. The molecule has 0 saturated carbocycles. The van der Waals surface area contributed by atoms with Crippen LogP contribution in [0.15, 0.2) is 42.7 Å². The lowest BCUT2D eigenvalue weighted by molar-refractivity contribution is 0.139. The normalized spacial score (nSPS) is 16.6. The maximum atomic E-state index is 2.52. The summed E-state index contributed by atoms with van der Waals surface area (Å²) in [6, 6.07) is 10.9. The predicted octanol–water partition coefficient (Wildman–Crippen LogP) is 6.93. The highest BCUT2D eigenvalue weighted by atomic mass is 15.4. The van der Waals surface area contributed by atoms with E-state index in [1.165, 1.54) is 76.2 Å². The van der Waals surface area contributed by atoms with Gasteiger partial charge >= 0.3 is 0 Å². The molecule has 0 aromatic heterocycles. The van der Waals surface area contributed by atoms with Crippen molar-refractivity contribution in [3.8, 4) is 0 Å². The second-order valence-corrected chi connectivity index (χ2v) is 7.74. The zero-order valence-electron chi connectivity index (χ0n) is 17.2. The summed E-state index contributed by atoms with van der Waals surface area (Å²) in [4.78, 5) is 5.02. The third kappa shape index (κ3) is 7.43. The molecule has 26 heavy (non-hydrogen) atoms. The van der Waals surface area contributed by atoms with Gasteiger partial charge in [0.05, 0.1) is 0 Å². The Balaban J connectivity index is 1.61. The number of hydrogen-bond donors (Lipinski definition) is 0. The highest BCUT2D eigenvalue weighted by Crippen LogP contribution is 2.23. The first kappa shape index (κ1) is 20.9. The minimum atomic E-state index is 0.550. The van der Waals surface area contributed by atoms with Gasteiger partial charge in [-0.15, -0.1) is 0 Å². The number of unbranched alkanes of at least 4 members (excludes halogenated alkanes) is 9. The van der Waals surface area contributed by atoms with E-state index in [0.29, 0.717) is 6.17 Å². The van der Waals surface area contributed by atoms with Gasteiger partial charge in [0.2, 0.25) is 0 Å². The summed E-state index contributed by atoms with van der Waals surface area (Å²) in [7, 11) is 0. The zero-order chi connectivity index (χ0) is 18.5. The molecule has 1 aromatic rings. The number of hydrogen-bond acceptors (Lipinski definition) is 2. The molecule has 1 aromatic carbocycles. The van der Waals surface area contributed by atoms with E-state index >= 15 is 0 Å². The molecule has 1 aliphatic rings. The largest absolute Gasteiger partial charge is 0.356 e. The lowest BCUT2D eigenvalue weighted by Crippen LogP contribution is -2.38. The molecule has 0 aliphatic carbocycles. The van der Waals surface area contributed by atoms with E-state index in [1.54, 1.807) is 0 Å².